The maximum Gasteiger partial charge on any atom is 0.102 e. The molecule has 0 aliphatic rings. The summed E-state index contributed by atoms with van der Waals surface area (Å²) in [4.78, 5) is 6.87. The number of hydrogen-bond acceptors (Lipinski definition) is 3. The van der Waals surface area contributed by atoms with Crippen LogP contribution in [-0.4, -0.2) is 38.0 Å². The molecule has 0 amide bonds. The maximum absolute atomic E-state index is 6.32. The van der Waals surface area contributed by atoms with Crippen molar-refractivity contribution in [2.45, 2.75) is 20.8 Å². The van der Waals surface area contributed by atoms with E-state index < -0.39 is 0 Å². The van der Waals surface area contributed by atoms with Crippen LogP contribution in [0.1, 0.15) is 20.8 Å². The molecule has 0 spiro atoms. The van der Waals surface area contributed by atoms with Gasteiger partial charge in [0, 0.05) is 31.6 Å². The highest BCUT2D eigenvalue weighted by Crippen LogP contribution is 2.25. The van der Waals surface area contributed by atoms with Gasteiger partial charge in [-0.25, -0.2) is 0 Å². The van der Waals surface area contributed by atoms with E-state index in [-0.39, 0.29) is 5.41 Å². The van der Waals surface area contributed by atoms with E-state index in [4.69, 9.17) is 5.73 Å². The average molecular weight is 308 g/mol. The van der Waals surface area contributed by atoms with Gasteiger partial charge in [0.1, 0.15) is 5.84 Å². The zero-order valence-electron chi connectivity index (χ0n) is 14.0. The number of thioether (sulfide) groups is 1. The van der Waals surface area contributed by atoms with E-state index in [0.29, 0.717) is 5.92 Å². The number of aliphatic imine (C=N–C) groups is 1. The van der Waals surface area contributed by atoms with Gasteiger partial charge in [-0.05, 0) is 24.3 Å². The molecule has 1 rings (SSSR count). The van der Waals surface area contributed by atoms with Crippen LogP contribution in [0.5, 0.6) is 0 Å². The fourth-order valence-electron chi connectivity index (χ4n) is 2.29. The Kier molecular flexibility index (Phi) is 7.09. The lowest BCUT2D eigenvalue weighted by Crippen LogP contribution is -2.45. The standard InChI is InChI=1S/C17H29N3S/c1-14(2)11-19-16(18)17(3,13-21-5)12-20(4)15-9-7-6-8-10-15/h6-10,14H,11-13H2,1-5H3,(H2,18,19). The summed E-state index contributed by atoms with van der Waals surface area (Å²) in [5.74, 6) is 2.28. The van der Waals surface area contributed by atoms with Crippen molar-refractivity contribution in [3.8, 4) is 0 Å². The molecule has 2 N–H and O–H groups in total. The molecule has 1 unspecified atom stereocenters. The van der Waals surface area contributed by atoms with Gasteiger partial charge in [0.25, 0.3) is 0 Å². The van der Waals surface area contributed by atoms with Crippen LogP contribution in [0.2, 0.25) is 0 Å². The number of nitrogens with two attached hydrogens (primary N) is 1. The van der Waals surface area contributed by atoms with Gasteiger partial charge in [-0.2, -0.15) is 11.8 Å². The Morgan fingerprint density at radius 3 is 2.48 bits per heavy atom. The van der Waals surface area contributed by atoms with E-state index in [1.54, 1.807) is 0 Å². The smallest absolute Gasteiger partial charge is 0.102 e. The van der Waals surface area contributed by atoms with Gasteiger partial charge in [-0.3, -0.25) is 4.99 Å². The lowest BCUT2D eigenvalue weighted by molar-refractivity contribution is 0.522. The lowest BCUT2D eigenvalue weighted by Gasteiger charge is -2.34. The minimum Gasteiger partial charge on any atom is -0.387 e. The van der Waals surface area contributed by atoms with Crippen molar-refractivity contribution < 1.29 is 0 Å². The van der Waals surface area contributed by atoms with Crippen LogP contribution in [0, 0.1) is 11.3 Å². The third-order valence-corrected chi connectivity index (χ3v) is 4.42. The SMILES string of the molecule is CSCC(C)(CN(C)c1ccccc1)C(N)=NCC(C)C. The van der Waals surface area contributed by atoms with Crippen molar-refractivity contribution in [3.63, 3.8) is 0 Å². The molecule has 3 nitrogen and oxygen atoms in total. The number of nitrogens with zero attached hydrogens (tertiary/aromatic N) is 2. The highest BCUT2D eigenvalue weighted by molar-refractivity contribution is 7.98. The minimum absolute atomic E-state index is 0.112. The molecule has 0 aliphatic carbocycles. The summed E-state index contributed by atoms with van der Waals surface area (Å²) < 4.78 is 0. The first-order valence-electron chi connectivity index (χ1n) is 7.44. The summed E-state index contributed by atoms with van der Waals surface area (Å²) in [7, 11) is 2.11. The Morgan fingerprint density at radius 1 is 1.33 bits per heavy atom. The Hall–Kier alpha value is -1.16. The zero-order chi connectivity index (χ0) is 15.9. The second kappa shape index (κ2) is 8.32. The van der Waals surface area contributed by atoms with Gasteiger partial charge in [0.05, 0.1) is 5.41 Å². The monoisotopic (exact) mass is 307 g/mol. The highest BCUT2D eigenvalue weighted by atomic mass is 32.2. The molecule has 21 heavy (non-hydrogen) atoms. The third kappa shape index (κ3) is 5.62. The zero-order valence-corrected chi connectivity index (χ0v) is 14.8. The topological polar surface area (TPSA) is 41.6 Å². The van der Waals surface area contributed by atoms with Crippen LogP contribution in [0.25, 0.3) is 0 Å². The van der Waals surface area contributed by atoms with Crippen molar-refractivity contribution in [2.24, 2.45) is 22.1 Å². The average Bonchev–Trinajstić information content (AvgIpc) is 2.45. The first kappa shape index (κ1) is 17.9. The molecule has 1 aromatic rings. The van der Waals surface area contributed by atoms with Gasteiger partial charge >= 0.3 is 0 Å². The molecule has 4 heteroatoms. The maximum atomic E-state index is 6.32. The molecular weight excluding hydrogens is 278 g/mol. The second-order valence-corrected chi connectivity index (χ2v) is 7.17. The van der Waals surface area contributed by atoms with Crippen molar-refractivity contribution in [1.29, 1.82) is 0 Å². The molecule has 0 radical (unpaired) electrons. The van der Waals surface area contributed by atoms with Crippen LogP contribution in [0.4, 0.5) is 5.69 Å². The fourth-order valence-corrected chi connectivity index (χ4v) is 3.16. The molecule has 0 saturated heterocycles. The second-order valence-electron chi connectivity index (χ2n) is 6.31. The molecule has 1 aromatic carbocycles. The van der Waals surface area contributed by atoms with Crippen molar-refractivity contribution >= 4 is 23.3 Å². The molecular formula is C17H29N3S. The van der Waals surface area contributed by atoms with E-state index in [0.717, 1.165) is 24.7 Å². The number of hydrogen-bond donors (Lipinski definition) is 1. The quantitative estimate of drug-likeness (QED) is 0.590. The van der Waals surface area contributed by atoms with Gasteiger partial charge in [0.15, 0.2) is 0 Å². The largest absolute Gasteiger partial charge is 0.387 e. The highest BCUT2D eigenvalue weighted by Gasteiger charge is 2.30. The summed E-state index contributed by atoms with van der Waals surface area (Å²) in [5, 5.41) is 0. The van der Waals surface area contributed by atoms with Gasteiger partial charge < -0.3 is 10.6 Å². The Labute approximate surface area is 134 Å². The van der Waals surface area contributed by atoms with E-state index >= 15 is 0 Å². The number of amidine groups is 1. The van der Waals surface area contributed by atoms with Crippen LogP contribution >= 0.6 is 11.8 Å². The Bertz CT molecular complexity index is 445. The molecule has 0 saturated carbocycles. The normalized spacial score (nSPS) is 15.0. The number of anilines is 1. The molecule has 0 aliphatic heterocycles. The lowest BCUT2D eigenvalue weighted by atomic mass is 9.90. The van der Waals surface area contributed by atoms with Crippen molar-refractivity contribution in [2.75, 3.05) is 37.0 Å². The van der Waals surface area contributed by atoms with Crippen LogP contribution in [0.15, 0.2) is 35.3 Å². The van der Waals surface area contributed by atoms with Gasteiger partial charge in [-0.1, -0.05) is 39.0 Å². The summed E-state index contributed by atoms with van der Waals surface area (Å²) in [5.41, 5.74) is 7.42. The number of rotatable bonds is 8. The number of para-hydroxylation sites is 1. The van der Waals surface area contributed by atoms with Gasteiger partial charge in [-0.15, -0.1) is 0 Å². The summed E-state index contributed by atoms with van der Waals surface area (Å²) >= 11 is 1.82. The molecule has 118 valence electrons. The van der Waals surface area contributed by atoms with Crippen LogP contribution in [0.3, 0.4) is 0 Å². The summed E-state index contributed by atoms with van der Waals surface area (Å²) in [6.07, 6.45) is 2.12. The van der Waals surface area contributed by atoms with E-state index in [2.05, 4.69) is 68.2 Å². The molecule has 0 aromatic heterocycles. The van der Waals surface area contributed by atoms with Crippen molar-refractivity contribution in [1.82, 2.24) is 0 Å². The van der Waals surface area contributed by atoms with Crippen LogP contribution in [-0.2, 0) is 0 Å². The number of benzene rings is 1. The third-order valence-electron chi connectivity index (χ3n) is 3.49. The van der Waals surface area contributed by atoms with Crippen molar-refractivity contribution in [3.05, 3.63) is 30.3 Å². The molecule has 0 fully saturated rings. The Morgan fingerprint density at radius 2 is 1.95 bits per heavy atom. The van der Waals surface area contributed by atoms with E-state index in [1.165, 1.54) is 5.69 Å². The summed E-state index contributed by atoms with van der Waals surface area (Å²) in [6, 6.07) is 10.4. The molecule has 1 atom stereocenters. The first-order chi connectivity index (χ1) is 9.89. The predicted molar refractivity (Wildman–Crippen MR) is 97.5 cm³/mol. The van der Waals surface area contributed by atoms with Crippen LogP contribution < -0.4 is 10.6 Å². The molecule has 0 heterocycles. The molecule has 0 bridgehead atoms. The fraction of sp³-hybridized carbons (Fsp3) is 0.588. The predicted octanol–water partition coefficient (Wildman–Crippen LogP) is 3.51. The first-order valence-corrected chi connectivity index (χ1v) is 8.84. The van der Waals surface area contributed by atoms with E-state index in [9.17, 15) is 0 Å². The van der Waals surface area contributed by atoms with Gasteiger partial charge in [0.2, 0.25) is 0 Å². The summed E-state index contributed by atoms with van der Waals surface area (Å²) in [6.45, 7) is 8.20. The van der Waals surface area contributed by atoms with E-state index in [1.807, 2.05) is 17.8 Å². The Balaban J connectivity index is 2.87. The minimum atomic E-state index is -0.112.